The van der Waals surface area contributed by atoms with E-state index in [1.165, 1.54) is 0 Å². The molecule has 0 fully saturated rings. The van der Waals surface area contributed by atoms with Crippen molar-refractivity contribution in [1.82, 2.24) is 5.32 Å². The van der Waals surface area contributed by atoms with Crippen LogP contribution in [0.3, 0.4) is 0 Å². The fraction of sp³-hybridized carbons (Fsp3) is 0.462. The summed E-state index contributed by atoms with van der Waals surface area (Å²) in [6, 6.07) is 6.13. The van der Waals surface area contributed by atoms with Crippen molar-refractivity contribution >= 4 is 40.1 Å². The number of hydrogen-bond donors (Lipinski definition) is 1. The van der Waals surface area contributed by atoms with E-state index in [1.807, 2.05) is 12.1 Å². The van der Waals surface area contributed by atoms with Crippen LogP contribution in [0.2, 0.25) is 10.0 Å². The Morgan fingerprint density at radius 2 is 2.22 bits per heavy atom. The lowest BCUT2D eigenvalue weighted by molar-refractivity contribution is 0.683. The summed E-state index contributed by atoms with van der Waals surface area (Å²) in [5.41, 5.74) is 1.04. The second-order valence-electron chi connectivity index (χ2n) is 4.45. The van der Waals surface area contributed by atoms with E-state index in [4.69, 9.17) is 23.2 Å². The highest BCUT2D eigenvalue weighted by molar-refractivity contribution is 8.13. The lowest BCUT2D eigenvalue weighted by atomic mass is 10.1. The van der Waals surface area contributed by atoms with E-state index in [0.29, 0.717) is 16.1 Å². The predicted molar refractivity (Wildman–Crippen MR) is 82.0 cm³/mol. The molecule has 1 heterocycles. The van der Waals surface area contributed by atoms with Crippen LogP contribution in [0.4, 0.5) is 0 Å². The molecule has 2 unspecified atom stereocenters. The molecule has 0 aromatic heterocycles. The van der Waals surface area contributed by atoms with Crippen LogP contribution in [0.25, 0.3) is 0 Å². The highest BCUT2D eigenvalue weighted by atomic mass is 35.5. The normalized spacial score (nSPS) is 21.3. The Kier molecular flexibility index (Phi) is 4.82. The van der Waals surface area contributed by atoms with Gasteiger partial charge < -0.3 is 5.32 Å². The monoisotopic (exact) mass is 302 g/mol. The topological polar surface area (TPSA) is 24.4 Å². The summed E-state index contributed by atoms with van der Waals surface area (Å²) in [4.78, 5) is 4.59. The minimum absolute atomic E-state index is 0.131. The molecule has 0 aliphatic carbocycles. The molecule has 0 amide bonds. The second kappa shape index (κ2) is 6.18. The van der Waals surface area contributed by atoms with Gasteiger partial charge in [0, 0.05) is 15.8 Å². The quantitative estimate of drug-likeness (QED) is 0.868. The lowest BCUT2D eigenvalue weighted by Gasteiger charge is -2.22. The van der Waals surface area contributed by atoms with Gasteiger partial charge in [-0.05, 0) is 38.0 Å². The maximum absolute atomic E-state index is 6.20. The molecule has 1 aliphatic rings. The molecule has 98 valence electrons. The van der Waals surface area contributed by atoms with Crippen LogP contribution in [0.1, 0.15) is 31.9 Å². The first-order valence-corrected chi connectivity index (χ1v) is 7.72. The van der Waals surface area contributed by atoms with Crippen molar-refractivity contribution in [3.05, 3.63) is 33.8 Å². The molecule has 1 N–H and O–H groups in total. The SMILES string of the molecule is CC1CCSC(NC(C)c2ccc(Cl)cc2Cl)=N1. The van der Waals surface area contributed by atoms with Gasteiger partial charge in [-0.2, -0.15) is 0 Å². The second-order valence-corrected chi connectivity index (χ2v) is 6.38. The van der Waals surface area contributed by atoms with E-state index in [-0.39, 0.29) is 6.04 Å². The molecule has 2 rings (SSSR count). The van der Waals surface area contributed by atoms with Crippen LogP contribution in [0.5, 0.6) is 0 Å². The van der Waals surface area contributed by atoms with Gasteiger partial charge in [0.1, 0.15) is 0 Å². The Morgan fingerprint density at radius 3 is 2.89 bits per heavy atom. The van der Waals surface area contributed by atoms with Crippen molar-refractivity contribution < 1.29 is 0 Å². The largest absolute Gasteiger partial charge is 0.358 e. The number of amidine groups is 1. The van der Waals surface area contributed by atoms with E-state index in [0.717, 1.165) is 22.9 Å². The van der Waals surface area contributed by atoms with Gasteiger partial charge >= 0.3 is 0 Å². The molecular formula is C13H16Cl2N2S. The Bertz CT molecular complexity index is 462. The fourth-order valence-corrected chi connectivity index (χ4v) is 3.56. The maximum atomic E-state index is 6.20. The molecule has 0 saturated carbocycles. The summed E-state index contributed by atoms with van der Waals surface area (Å²) in [5, 5.41) is 5.77. The number of benzene rings is 1. The van der Waals surface area contributed by atoms with Crippen LogP contribution in [0.15, 0.2) is 23.2 Å². The summed E-state index contributed by atoms with van der Waals surface area (Å²) in [7, 11) is 0. The number of nitrogens with one attached hydrogen (secondary N) is 1. The molecule has 0 spiro atoms. The highest BCUT2D eigenvalue weighted by Gasteiger charge is 2.16. The van der Waals surface area contributed by atoms with Gasteiger partial charge in [0.15, 0.2) is 5.17 Å². The minimum atomic E-state index is 0.131. The third kappa shape index (κ3) is 3.56. The van der Waals surface area contributed by atoms with Crippen molar-refractivity contribution in [1.29, 1.82) is 0 Å². The number of rotatable bonds is 2. The fourth-order valence-electron chi connectivity index (χ4n) is 1.82. The highest BCUT2D eigenvalue weighted by Crippen LogP contribution is 2.27. The smallest absolute Gasteiger partial charge is 0.157 e. The lowest BCUT2D eigenvalue weighted by Crippen LogP contribution is -2.28. The zero-order valence-corrected chi connectivity index (χ0v) is 12.7. The summed E-state index contributed by atoms with van der Waals surface area (Å²) < 4.78 is 0. The third-order valence-electron chi connectivity index (χ3n) is 2.88. The summed E-state index contributed by atoms with van der Waals surface area (Å²) in [5.74, 6) is 1.12. The number of nitrogens with zero attached hydrogens (tertiary/aromatic N) is 1. The van der Waals surface area contributed by atoms with Crippen LogP contribution in [-0.2, 0) is 0 Å². The van der Waals surface area contributed by atoms with E-state index < -0.39 is 0 Å². The van der Waals surface area contributed by atoms with Crippen molar-refractivity contribution in [2.24, 2.45) is 4.99 Å². The van der Waals surface area contributed by atoms with Crippen LogP contribution < -0.4 is 5.32 Å². The molecule has 0 bridgehead atoms. The van der Waals surface area contributed by atoms with Crippen LogP contribution in [0, 0.1) is 0 Å². The van der Waals surface area contributed by atoms with Crippen molar-refractivity contribution in [3.63, 3.8) is 0 Å². The van der Waals surface area contributed by atoms with Crippen LogP contribution >= 0.6 is 35.0 Å². The van der Waals surface area contributed by atoms with Gasteiger partial charge in [-0.25, -0.2) is 0 Å². The van der Waals surface area contributed by atoms with Crippen molar-refractivity contribution in [2.45, 2.75) is 32.4 Å². The average molecular weight is 303 g/mol. The first kappa shape index (κ1) is 14.0. The van der Waals surface area contributed by atoms with E-state index in [9.17, 15) is 0 Å². The Labute approximate surface area is 122 Å². The predicted octanol–water partition coefficient (Wildman–Crippen LogP) is 4.53. The number of aliphatic imine (C=N–C) groups is 1. The molecule has 18 heavy (non-hydrogen) atoms. The molecule has 0 radical (unpaired) electrons. The summed E-state index contributed by atoms with van der Waals surface area (Å²) in [6.07, 6.45) is 1.14. The van der Waals surface area contributed by atoms with Gasteiger partial charge in [0.25, 0.3) is 0 Å². The van der Waals surface area contributed by atoms with Gasteiger partial charge in [-0.3, -0.25) is 4.99 Å². The molecular weight excluding hydrogens is 287 g/mol. The average Bonchev–Trinajstić information content (AvgIpc) is 2.28. The Morgan fingerprint density at radius 1 is 1.44 bits per heavy atom. The maximum Gasteiger partial charge on any atom is 0.157 e. The van der Waals surface area contributed by atoms with Gasteiger partial charge in [0.2, 0.25) is 0 Å². The molecule has 1 aromatic rings. The molecule has 5 heteroatoms. The summed E-state index contributed by atoms with van der Waals surface area (Å²) in [6.45, 7) is 4.22. The van der Waals surface area contributed by atoms with Gasteiger partial charge in [-0.15, -0.1) is 0 Å². The van der Waals surface area contributed by atoms with Crippen LogP contribution in [-0.4, -0.2) is 17.0 Å². The number of hydrogen-bond acceptors (Lipinski definition) is 3. The third-order valence-corrected chi connectivity index (χ3v) is 4.38. The Hall–Kier alpha value is -0.380. The first-order chi connectivity index (χ1) is 8.56. The summed E-state index contributed by atoms with van der Waals surface area (Å²) >= 11 is 13.9. The molecule has 0 saturated heterocycles. The zero-order valence-electron chi connectivity index (χ0n) is 10.4. The first-order valence-electron chi connectivity index (χ1n) is 5.98. The molecule has 2 atom stereocenters. The van der Waals surface area contributed by atoms with E-state index in [1.54, 1.807) is 17.8 Å². The molecule has 1 aliphatic heterocycles. The molecule has 2 nitrogen and oxygen atoms in total. The standard InChI is InChI=1S/C13H16Cl2N2S/c1-8-5-6-18-13(16-8)17-9(2)11-4-3-10(14)7-12(11)15/h3-4,7-9H,5-6H2,1-2H3,(H,16,17). The number of halogens is 2. The van der Waals surface area contributed by atoms with E-state index in [2.05, 4.69) is 24.2 Å². The zero-order chi connectivity index (χ0) is 13.1. The van der Waals surface area contributed by atoms with Gasteiger partial charge in [-0.1, -0.05) is 41.0 Å². The van der Waals surface area contributed by atoms with E-state index >= 15 is 0 Å². The minimum Gasteiger partial charge on any atom is -0.358 e. The Balaban J connectivity index is 2.09. The van der Waals surface area contributed by atoms with Gasteiger partial charge in [0.05, 0.1) is 12.1 Å². The van der Waals surface area contributed by atoms with Crippen molar-refractivity contribution in [3.8, 4) is 0 Å². The number of thioether (sulfide) groups is 1. The molecule has 1 aromatic carbocycles. The van der Waals surface area contributed by atoms with Crippen molar-refractivity contribution in [2.75, 3.05) is 5.75 Å².